The largest absolute Gasteiger partial charge is 0.496 e. The van der Waals surface area contributed by atoms with Crippen molar-refractivity contribution in [1.82, 2.24) is 5.32 Å². The highest BCUT2D eigenvalue weighted by Gasteiger charge is 2.34. The van der Waals surface area contributed by atoms with Crippen LogP contribution in [0.5, 0.6) is 11.5 Å². The van der Waals surface area contributed by atoms with Crippen molar-refractivity contribution in [3.8, 4) is 11.5 Å². The van der Waals surface area contributed by atoms with Gasteiger partial charge in [0.15, 0.2) is 5.75 Å². The molecule has 2 N–H and O–H groups in total. The van der Waals surface area contributed by atoms with Gasteiger partial charge >= 0.3 is 17.9 Å². The summed E-state index contributed by atoms with van der Waals surface area (Å²) in [6.45, 7) is 4.15. The lowest BCUT2D eigenvalue weighted by Crippen LogP contribution is -2.22. The van der Waals surface area contributed by atoms with E-state index in [1.807, 2.05) is 50.3 Å². The number of methoxy groups -OCH3 is 1. The zero-order valence-electron chi connectivity index (χ0n) is 22.6. The minimum absolute atomic E-state index is 0.00112. The third kappa shape index (κ3) is 8.17. The van der Waals surface area contributed by atoms with Crippen LogP contribution >= 0.6 is 0 Å². The zero-order valence-corrected chi connectivity index (χ0v) is 22.6. The van der Waals surface area contributed by atoms with Crippen molar-refractivity contribution in [2.75, 3.05) is 7.11 Å². The maximum Gasteiger partial charge on any atom is 0.342 e. The number of cyclic esters (lactones) is 1. The van der Waals surface area contributed by atoms with Gasteiger partial charge in [0, 0.05) is 36.9 Å². The van der Waals surface area contributed by atoms with Crippen LogP contribution in [0.15, 0.2) is 42.0 Å². The topological polar surface area (TPSA) is 128 Å². The van der Waals surface area contributed by atoms with Crippen molar-refractivity contribution >= 4 is 23.8 Å². The number of carbonyl (C=O) groups is 4. The highest BCUT2D eigenvalue weighted by Crippen LogP contribution is 2.43. The average Bonchev–Trinajstić information content (AvgIpc) is 3.31. The van der Waals surface area contributed by atoms with Crippen LogP contribution < -0.4 is 14.8 Å². The summed E-state index contributed by atoms with van der Waals surface area (Å²) < 4.78 is 16.6. The summed E-state index contributed by atoms with van der Waals surface area (Å²) in [6.07, 6.45) is 3.80. The van der Waals surface area contributed by atoms with Gasteiger partial charge in [-0.2, -0.15) is 0 Å². The van der Waals surface area contributed by atoms with Crippen LogP contribution in [0.2, 0.25) is 0 Å². The van der Waals surface area contributed by atoms with E-state index >= 15 is 0 Å². The van der Waals surface area contributed by atoms with E-state index in [1.165, 1.54) is 7.11 Å². The van der Waals surface area contributed by atoms with E-state index in [1.54, 1.807) is 0 Å². The summed E-state index contributed by atoms with van der Waals surface area (Å²) in [5.41, 5.74) is 3.94. The van der Waals surface area contributed by atoms with Gasteiger partial charge in [0.2, 0.25) is 5.91 Å². The summed E-state index contributed by atoms with van der Waals surface area (Å²) in [4.78, 5) is 48.5. The van der Waals surface area contributed by atoms with Crippen molar-refractivity contribution in [3.05, 3.63) is 69.8 Å². The second-order valence-corrected chi connectivity index (χ2v) is 9.49. The third-order valence-electron chi connectivity index (χ3n) is 6.60. The number of rotatable bonds is 14. The van der Waals surface area contributed by atoms with Crippen LogP contribution in [-0.4, -0.2) is 36.0 Å². The fourth-order valence-electron chi connectivity index (χ4n) is 4.41. The Hall–Kier alpha value is -4.14. The Morgan fingerprint density at radius 3 is 2.46 bits per heavy atom. The van der Waals surface area contributed by atoms with Gasteiger partial charge in [0.05, 0.1) is 7.11 Å². The van der Waals surface area contributed by atoms with Crippen LogP contribution in [0.1, 0.15) is 78.1 Å². The number of amides is 1. The zero-order chi connectivity index (χ0) is 28.4. The Labute approximate surface area is 228 Å². The van der Waals surface area contributed by atoms with E-state index in [4.69, 9.17) is 19.3 Å². The van der Waals surface area contributed by atoms with Crippen LogP contribution in [0.25, 0.3) is 0 Å². The first-order chi connectivity index (χ1) is 18.7. The summed E-state index contributed by atoms with van der Waals surface area (Å²) in [5, 5.41) is 11.8. The van der Waals surface area contributed by atoms with E-state index in [0.717, 1.165) is 16.7 Å². The first-order valence-corrected chi connectivity index (χ1v) is 13.0. The van der Waals surface area contributed by atoms with E-state index < -0.39 is 17.9 Å². The number of unbranched alkanes of at least 4 members (excludes halogenated alkanes) is 1. The maximum atomic E-state index is 12.8. The molecule has 9 heteroatoms. The van der Waals surface area contributed by atoms with E-state index in [-0.39, 0.29) is 49.5 Å². The van der Waals surface area contributed by atoms with Gasteiger partial charge in [-0.05, 0) is 50.7 Å². The number of ether oxygens (including phenoxy) is 3. The molecule has 9 nitrogen and oxygen atoms in total. The molecule has 1 aliphatic rings. The van der Waals surface area contributed by atoms with Gasteiger partial charge in [-0.25, -0.2) is 4.79 Å². The molecule has 1 heterocycles. The number of hydrogen-bond donors (Lipinski definition) is 2. The lowest BCUT2D eigenvalue weighted by atomic mass is 9.94. The minimum atomic E-state index is -0.889. The number of esters is 2. The van der Waals surface area contributed by atoms with Crippen molar-refractivity contribution < 1.29 is 38.5 Å². The molecule has 0 fully saturated rings. The SMILES string of the molecule is COc1c(C)c2c(c(OC(=O)CCCCC(=O)NCc3ccccc3)c1CC=C(C)CCC(=O)O)C(=O)OC2. The number of fused-ring (bicyclic) bond motifs is 1. The van der Waals surface area contributed by atoms with Gasteiger partial charge in [0.1, 0.15) is 17.9 Å². The lowest BCUT2D eigenvalue weighted by molar-refractivity contribution is -0.137. The maximum absolute atomic E-state index is 12.8. The summed E-state index contributed by atoms with van der Waals surface area (Å²) >= 11 is 0. The quantitative estimate of drug-likeness (QED) is 0.152. The second-order valence-electron chi connectivity index (χ2n) is 9.49. The highest BCUT2D eigenvalue weighted by atomic mass is 16.6. The summed E-state index contributed by atoms with van der Waals surface area (Å²) in [7, 11) is 1.51. The lowest BCUT2D eigenvalue weighted by Gasteiger charge is -2.19. The van der Waals surface area contributed by atoms with E-state index in [2.05, 4.69) is 5.32 Å². The number of hydrogen-bond acceptors (Lipinski definition) is 7. The average molecular weight is 538 g/mol. The van der Waals surface area contributed by atoms with Gasteiger partial charge in [-0.15, -0.1) is 0 Å². The Morgan fingerprint density at radius 1 is 1.05 bits per heavy atom. The van der Waals surface area contributed by atoms with Gasteiger partial charge < -0.3 is 24.6 Å². The van der Waals surface area contributed by atoms with Crippen LogP contribution in [0, 0.1) is 6.92 Å². The molecule has 0 unspecified atom stereocenters. The Morgan fingerprint density at radius 2 is 1.77 bits per heavy atom. The molecular weight excluding hydrogens is 502 g/mol. The molecule has 2 aromatic rings. The normalized spacial score (nSPS) is 12.5. The first kappa shape index (κ1) is 29.4. The minimum Gasteiger partial charge on any atom is -0.496 e. The molecule has 1 aliphatic heterocycles. The Kier molecular flexibility index (Phi) is 10.7. The molecule has 39 heavy (non-hydrogen) atoms. The van der Waals surface area contributed by atoms with Gasteiger partial charge in [-0.1, -0.05) is 42.0 Å². The van der Waals surface area contributed by atoms with Crippen molar-refractivity contribution in [1.29, 1.82) is 0 Å². The number of allylic oxidation sites excluding steroid dienone is 2. The molecule has 0 aliphatic carbocycles. The van der Waals surface area contributed by atoms with Crippen molar-refractivity contribution in [2.45, 2.75) is 71.9 Å². The molecule has 208 valence electrons. The third-order valence-corrected chi connectivity index (χ3v) is 6.60. The molecule has 0 saturated heterocycles. The second kappa shape index (κ2) is 14.1. The first-order valence-electron chi connectivity index (χ1n) is 13.0. The van der Waals surface area contributed by atoms with E-state index in [0.29, 0.717) is 42.7 Å². The summed E-state index contributed by atoms with van der Waals surface area (Å²) in [5.74, 6) is -1.47. The molecule has 0 spiro atoms. The van der Waals surface area contributed by atoms with Crippen LogP contribution in [0.4, 0.5) is 0 Å². The van der Waals surface area contributed by atoms with Gasteiger partial charge in [0.25, 0.3) is 0 Å². The number of benzene rings is 2. The van der Waals surface area contributed by atoms with Crippen LogP contribution in [0.3, 0.4) is 0 Å². The predicted molar refractivity (Wildman–Crippen MR) is 144 cm³/mol. The molecule has 0 aromatic heterocycles. The molecular formula is C30H35NO8. The molecule has 0 bridgehead atoms. The van der Waals surface area contributed by atoms with Crippen molar-refractivity contribution in [2.24, 2.45) is 0 Å². The Bertz CT molecular complexity index is 1250. The number of aliphatic carboxylic acids is 1. The van der Waals surface area contributed by atoms with Crippen molar-refractivity contribution in [3.63, 3.8) is 0 Å². The summed E-state index contributed by atoms with van der Waals surface area (Å²) in [6, 6.07) is 9.61. The molecule has 0 radical (unpaired) electrons. The van der Waals surface area contributed by atoms with Crippen LogP contribution in [-0.2, 0) is 38.7 Å². The smallest absolute Gasteiger partial charge is 0.342 e. The standard InChI is InChI=1S/C30H35NO8/c1-19(14-16-25(33)34)13-15-22-28(37-3)20(2)23-18-38-30(36)27(23)29(22)39-26(35)12-8-7-11-24(32)31-17-21-9-5-4-6-10-21/h4-6,9-10,13H,7-8,11-12,14-18H2,1-3H3,(H,31,32)(H,33,34). The molecule has 0 atom stereocenters. The van der Waals surface area contributed by atoms with E-state index in [9.17, 15) is 19.2 Å². The fraction of sp³-hybridized carbons (Fsp3) is 0.400. The molecule has 3 rings (SSSR count). The predicted octanol–water partition coefficient (Wildman–Crippen LogP) is 4.81. The molecule has 2 aromatic carbocycles. The number of carboxylic acid groups (broad SMARTS) is 1. The van der Waals surface area contributed by atoms with Gasteiger partial charge in [-0.3, -0.25) is 14.4 Å². The number of carboxylic acids is 1. The fourth-order valence-corrected chi connectivity index (χ4v) is 4.41. The molecule has 1 amide bonds. The highest BCUT2D eigenvalue weighted by molar-refractivity contribution is 5.99. The monoisotopic (exact) mass is 537 g/mol. The number of carbonyl (C=O) groups excluding carboxylic acids is 3. The molecule has 0 saturated carbocycles. The Balaban J connectivity index is 1.67. The number of nitrogens with one attached hydrogen (secondary N) is 1.